The molecule has 0 fully saturated rings. The van der Waals surface area contributed by atoms with Crippen molar-refractivity contribution in [1.29, 1.82) is 0 Å². The maximum atomic E-state index is 12.9. The Hall–Kier alpha value is -4.79. The summed E-state index contributed by atoms with van der Waals surface area (Å²) in [4.78, 5) is 37.8. The highest BCUT2D eigenvalue weighted by Gasteiger charge is 2.34. The van der Waals surface area contributed by atoms with Crippen molar-refractivity contribution in [2.75, 3.05) is 5.73 Å². The molecule has 4 heterocycles. The molecule has 0 spiro atoms. The minimum Gasteiger partial charge on any atom is -0.383 e. The van der Waals surface area contributed by atoms with Crippen molar-refractivity contribution in [2.45, 2.75) is 25.6 Å². The van der Waals surface area contributed by atoms with Gasteiger partial charge in [-0.05, 0) is 48.4 Å². The van der Waals surface area contributed by atoms with Crippen LogP contribution in [0, 0.1) is 0 Å². The van der Waals surface area contributed by atoms with E-state index >= 15 is 0 Å². The number of nitrogens with one attached hydrogen (secondary N) is 2. The Morgan fingerprint density at radius 1 is 1.17 bits per heavy atom. The van der Waals surface area contributed by atoms with Gasteiger partial charge in [-0.15, -0.1) is 0 Å². The molecule has 0 saturated carbocycles. The first kappa shape index (κ1) is 23.0. The highest BCUT2D eigenvalue weighted by Crippen LogP contribution is 2.43. The van der Waals surface area contributed by atoms with Crippen LogP contribution in [0.3, 0.4) is 0 Å². The van der Waals surface area contributed by atoms with E-state index in [0.29, 0.717) is 29.0 Å². The predicted molar refractivity (Wildman–Crippen MR) is 139 cm³/mol. The lowest BCUT2D eigenvalue weighted by Gasteiger charge is -2.14. The topological polar surface area (TPSA) is 128 Å². The number of amides is 2. The molecule has 180 valence electrons. The molecule has 0 radical (unpaired) electrons. The van der Waals surface area contributed by atoms with Crippen molar-refractivity contribution in [3.8, 4) is 11.1 Å². The number of carbonyl (C=O) groups is 2. The zero-order valence-electron chi connectivity index (χ0n) is 19.7. The van der Waals surface area contributed by atoms with Crippen LogP contribution in [0.25, 0.3) is 27.7 Å². The average molecular weight is 480 g/mol. The fourth-order valence-corrected chi connectivity index (χ4v) is 4.58. The van der Waals surface area contributed by atoms with Gasteiger partial charge in [-0.1, -0.05) is 31.4 Å². The smallest absolute Gasteiger partial charge is 0.251 e. The number of hydrogen-bond acceptors (Lipinski definition) is 6. The lowest BCUT2D eigenvalue weighted by atomic mass is 9.97. The molecular weight excluding hydrogens is 454 g/mol. The van der Waals surface area contributed by atoms with Crippen LogP contribution in [0.15, 0.2) is 74.2 Å². The molecule has 0 aliphatic carbocycles. The van der Waals surface area contributed by atoms with Crippen LogP contribution in [0.4, 0.5) is 5.82 Å². The molecule has 2 atom stereocenters. The van der Waals surface area contributed by atoms with E-state index in [1.165, 1.54) is 12.4 Å². The SMILES string of the molecule is C=CC(=O)N[C@@H]1Cn2c(c(-c3ccc(C(=O)N[C@@H](C)c4ccccn4)cc3)c3c(N)ncnc32)C1=C. The number of nitrogens with zero attached hydrogens (tertiary/aromatic N) is 4. The molecule has 4 aromatic rings. The Bertz CT molecular complexity index is 1510. The van der Waals surface area contributed by atoms with E-state index < -0.39 is 0 Å². The van der Waals surface area contributed by atoms with Crippen molar-refractivity contribution >= 4 is 34.2 Å². The molecule has 2 amide bonds. The number of nitrogen functional groups attached to an aromatic ring is 1. The fourth-order valence-electron chi connectivity index (χ4n) is 4.58. The molecule has 0 bridgehead atoms. The first-order valence-electron chi connectivity index (χ1n) is 11.5. The molecule has 3 aromatic heterocycles. The Kier molecular flexibility index (Phi) is 5.81. The number of benzene rings is 1. The molecule has 0 unspecified atom stereocenters. The van der Waals surface area contributed by atoms with E-state index in [1.807, 2.05) is 41.8 Å². The van der Waals surface area contributed by atoms with Crippen molar-refractivity contribution in [1.82, 2.24) is 30.2 Å². The summed E-state index contributed by atoms with van der Waals surface area (Å²) in [6.45, 7) is 10.1. The summed E-state index contributed by atoms with van der Waals surface area (Å²) in [5, 5.41) is 6.60. The molecule has 9 nitrogen and oxygen atoms in total. The van der Waals surface area contributed by atoms with E-state index in [0.717, 1.165) is 28.1 Å². The first-order chi connectivity index (χ1) is 17.4. The van der Waals surface area contributed by atoms with E-state index in [-0.39, 0.29) is 23.9 Å². The van der Waals surface area contributed by atoms with Gasteiger partial charge in [0.15, 0.2) is 0 Å². The second-order valence-electron chi connectivity index (χ2n) is 8.61. The molecular formula is C27H25N7O2. The van der Waals surface area contributed by atoms with E-state index in [9.17, 15) is 9.59 Å². The summed E-state index contributed by atoms with van der Waals surface area (Å²) in [5.41, 5.74) is 11.5. The first-order valence-corrected chi connectivity index (χ1v) is 11.5. The molecule has 1 aromatic carbocycles. The number of carbonyl (C=O) groups excluding carboxylic acids is 2. The Balaban J connectivity index is 1.49. The molecule has 1 aliphatic rings. The van der Waals surface area contributed by atoms with Crippen molar-refractivity contribution in [3.05, 3.63) is 91.2 Å². The van der Waals surface area contributed by atoms with Crippen LogP contribution >= 0.6 is 0 Å². The lowest BCUT2D eigenvalue weighted by molar-refractivity contribution is -0.116. The van der Waals surface area contributed by atoms with E-state index in [1.54, 1.807) is 18.3 Å². The quantitative estimate of drug-likeness (QED) is 0.364. The van der Waals surface area contributed by atoms with Crippen LogP contribution in [0.2, 0.25) is 0 Å². The van der Waals surface area contributed by atoms with Crippen molar-refractivity contribution < 1.29 is 9.59 Å². The third kappa shape index (κ3) is 3.90. The highest BCUT2D eigenvalue weighted by atomic mass is 16.2. The maximum Gasteiger partial charge on any atom is 0.251 e. The van der Waals surface area contributed by atoms with Gasteiger partial charge in [-0.25, -0.2) is 9.97 Å². The van der Waals surface area contributed by atoms with Crippen molar-refractivity contribution in [2.24, 2.45) is 0 Å². The highest BCUT2D eigenvalue weighted by molar-refractivity contribution is 6.07. The summed E-state index contributed by atoms with van der Waals surface area (Å²) in [5.74, 6) is -0.129. The van der Waals surface area contributed by atoms with Gasteiger partial charge in [0.25, 0.3) is 5.91 Å². The monoisotopic (exact) mass is 479 g/mol. The second kappa shape index (κ2) is 9.10. The summed E-state index contributed by atoms with van der Waals surface area (Å²) in [6.07, 6.45) is 4.35. The Morgan fingerprint density at radius 2 is 1.94 bits per heavy atom. The van der Waals surface area contributed by atoms with Crippen LogP contribution < -0.4 is 16.4 Å². The third-order valence-electron chi connectivity index (χ3n) is 6.38. The second-order valence-corrected chi connectivity index (χ2v) is 8.61. The molecule has 4 N–H and O–H groups in total. The van der Waals surface area contributed by atoms with Crippen LogP contribution in [-0.2, 0) is 11.3 Å². The molecule has 36 heavy (non-hydrogen) atoms. The Labute approximate surface area is 207 Å². The molecule has 9 heteroatoms. The van der Waals surface area contributed by atoms with Crippen LogP contribution in [-0.4, -0.2) is 37.4 Å². The number of nitrogens with two attached hydrogens (primary N) is 1. The van der Waals surface area contributed by atoms with Gasteiger partial charge in [0.1, 0.15) is 17.8 Å². The minimum absolute atomic E-state index is 0.203. The number of anilines is 1. The summed E-state index contributed by atoms with van der Waals surface area (Å²) < 4.78 is 1.99. The van der Waals surface area contributed by atoms with Gasteiger partial charge in [0.2, 0.25) is 5.91 Å². The molecule has 0 saturated heterocycles. The standard InChI is InChI=1S/C27H25N7O2/c1-4-21(35)33-20-13-34-24(15(20)2)22(23-25(28)30-14-31-26(23)34)17-8-10-18(11-9-17)27(36)32-16(3)19-7-5-6-12-29-19/h4-12,14,16,20H,1-2,13H2,3H3,(H,32,36)(H,33,35)(H2,28,30,31)/t16-,20+/m0/s1. The number of aromatic nitrogens is 4. The number of pyridine rings is 1. The zero-order valence-corrected chi connectivity index (χ0v) is 19.7. The number of hydrogen-bond donors (Lipinski definition) is 3. The largest absolute Gasteiger partial charge is 0.383 e. The van der Waals surface area contributed by atoms with Gasteiger partial charge >= 0.3 is 0 Å². The number of fused-ring (bicyclic) bond motifs is 3. The van der Waals surface area contributed by atoms with Gasteiger partial charge in [0, 0.05) is 23.9 Å². The molecule has 5 rings (SSSR count). The lowest BCUT2D eigenvalue weighted by Crippen LogP contribution is -2.33. The summed E-state index contributed by atoms with van der Waals surface area (Å²) in [7, 11) is 0. The minimum atomic E-state index is -0.303. The van der Waals surface area contributed by atoms with Gasteiger partial charge in [-0.2, -0.15) is 0 Å². The van der Waals surface area contributed by atoms with Gasteiger partial charge in [0.05, 0.1) is 28.9 Å². The Morgan fingerprint density at radius 3 is 2.64 bits per heavy atom. The van der Waals surface area contributed by atoms with Crippen LogP contribution in [0.5, 0.6) is 0 Å². The maximum absolute atomic E-state index is 12.9. The average Bonchev–Trinajstić information content (AvgIpc) is 3.39. The predicted octanol–water partition coefficient (Wildman–Crippen LogP) is 3.26. The zero-order chi connectivity index (χ0) is 25.4. The van der Waals surface area contributed by atoms with E-state index in [4.69, 9.17) is 5.73 Å². The third-order valence-corrected chi connectivity index (χ3v) is 6.38. The van der Waals surface area contributed by atoms with Gasteiger partial charge < -0.3 is 20.9 Å². The fraction of sp³-hybridized carbons (Fsp3) is 0.148. The van der Waals surface area contributed by atoms with Gasteiger partial charge in [-0.3, -0.25) is 14.6 Å². The van der Waals surface area contributed by atoms with Crippen LogP contribution in [0.1, 0.15) is 34.7 Å². The van der Waals surface area contributed by atoms with E-state index in [2.05, 4.69) is 38.7 Å². The molecule has 1 aliphatic heterocycles. The van der Waals surface area contributed by atoms with Crippen molar-refractivity contribution in [3.63, 3.8) is 0 Å². The number of rotatable bonds is 6. The summed E-state index contributed by atoms with van der Waals surface area (Å²) >= 11 is 0. The normalized spacial score (nSPS) is 15.4. The summed E-state index contributed by atoms with van der Waals surface area (Å²) in [6, 6.07) is 12.3.